The first-order valence-electron chi connectivity index (χ1n) is 4.77. The third-order valence-electron chi connectivity index (χ3n) is 2.24. The van der Waals surface area contributed by atoms with E-state index < -0.39 is 0 Å². The molecule has 2 heterocycles. The van der Waals surface area contributed by atoms with Crippen LogP contribution in [0.2, 0.25) is 0 Å². The van der Waals surface area contributed by atoms with Crippen molar-refractivity contribution in [3.05, 3.63) is 6.07 Å². The molecule has 15 heavy (non-hydrogen) atoms. The molecule has 2 aromatic rings. The van der Waals surface area contributed by atoms with Crippen LogP contribution in [0, 0.1) is 0 Å². The van der Waals surface area contributed by atoms with E-state index in [-0.39, 0.29) is 0 Å². The number of nitrogens with zero attached hydrogens (tertiary/aromatic N) is 6. The van der Waals surface area contributed by atoms with E-state index >= 15 is 0 Å². The monoisotopic (exact) mass is 223 g/mol. The molecule has 0 aliphatic heterocycles. The third-order valence-corrected chi connectivity index (χ3v) is 2.44. The molecule has 0 saturated carbocycles. The largest absolute Gasteiger partial charge is 0.369 e. The fourth-order valence-corrected chi connectivity index (χ4v) is 1.69. The van der Waals surface area contributed by atoms with Crippen molar-refractivity contribution in [2.24, 2.45) is 0 Å². The Balaban J connectivity index is 2.61. The van der Waals surface area contributed by atoms with Crippen molar-refractivity contribution < 1.29 is 0 Å². The fraction of sp³-hybridized carbons (Fsp3) is 0.500. The molecule has 1 radical (unpaired) electrons. The highest BCUT2D eigenvalue weighted by atomic mass is 32.1. The van der Waals surface area contributed by atoms with Gasteiger partial charge in [-0.15, -0.1) is 14.8 Å². The predicted octanol–water partition coefficient (Wildman–Crippen LogP) is 0.922. The number of fused-ring (bicyclic) bond motifs is 1. The lowest BCUT2D eigenvalue weighted by Gasteiger charge is -2.20. The van der Waals surface area contributed by atoms with E-state index in [2.05, 4.69) is 39.4 Å². The topological polar surface area (TPSA) is 59.2 Å². The van der Waals surface area contributed by atoms with Crippen molar-refractivity contribution >= 4 is 24.0 Å². The van der Waals surface area contributed by atoms with Crippen molar-refractivity contribution in [3.8, 4) is 0 Å². The van der Waals surface area contributed by atoms with Crippen LogP contribution in [0.4, 0.5) is 5.69 Å². The molecule has 0 fully saturated rings. The molecular weight excluding hydrogens is 212 g/mol. The average Bonchev–Trinajstić information content (AvgIpc) is 2.67. The van der Waals surface area contributed by atoms with E-state index in [0.717, 1.165) is 18.8 Å². The minimum atomic E-state index is 0.497. The zero-order valence-electron chi connectivity index (χ0n) is 8.58. The summed E-state index contributed by atoms with van der Waals surface area (Å²) in [5.41, 5.74) is 1.58. The van der Waals surface area contributed by atoms with E-state index in [1.165, 1.54) is 4.63 Å². The molecule has 0 amide bonds. The molecule has 7 heteroatoms. The molecule has 6 nitrogen and oxygen atoms in total. The van der Waals surface area contributed by atoms with Crippen LogP contribution in [0.5, 0.6) is 0 Å². The zero-order chi connectivity index (χ0) is 10.8. The van der Waals surface area contributed by atoms with Crippen LogP contribution in [0.1, 0.15) is 13.8 Å². The van der Waals surface area contributed by atoms with Crippen molar-refractivity contribution in [1.82, 2.24) is 25.3 Å². The molecule has 0 atom stereocenters. The highest BCUT2D eigenvalue weighted by Gasteiger charge is 2.12. The first-order chi connectivity index (χ1) is 7.26. The van der Waals surface area contributed by atoms with Gasteiger partial charge < -0.3 is 4.90 Å². The number of hydrogen-bond donors (Lipinski definition) is 0. The number of anilines is 1. The van der Waals surface area contributed by atoms with Crippen molar-refractivity contribution in [1.29, 1.82) is 0 Å². The SMILES string of the molecule is CCN(CC)c1cc([S])nn2nnnc12. The Morgan fingerprint density at radius 3 is 2.80 bits per heavy atom. The van der Waals surface area contributed by atoms with Gasteiger partial charge in [-0.05, 0) is 24.3 Å². The molecule has 0 unspecified atom stereocenters. The zero-order valence-corrected chi connectivity index (χ0v) is 9.40. The maximum atomic E-state index is 5.05. The molecule has 0 N–H and O–H groups in total. The third kappa shape index (κ3) is 1.70. The average molecular weight is 223 g/mol. The molecule has 0 bridgehead atoms. The lowest BCUT2D eigenvalue weighted by Crippen LogP contribution is -2.23. The van der Waals surface area contributed by atoms with Gasteiger partial charge in [0.1, 0.15) is 0 Å². The molecule has 79 valence electrons. The van der Waals surface area contributed by atoms with Crippen LogP contribution < -0.4 is 4.90 Å². The molecule has 0 spiro atoms. The second-order valence-electron chi connectivity index (χ2n) is 3.03. The van der Waals surface area contributed by atoms with E-state index in [4.69, 9.17) is 12.6 Å². The molecule has 2 aromatic heterocycles. The van der Waals surface area contributed by atoms with E-state index in [1.807, 2.05) is 6.07 Å². The van der Waals surface area contributed by atoms with Gasteiger partial charge in [-0.1, -0.05) is 12.6 Å². The summed E-state index contributed by atoms with van der Waals surface area (Å²) in [5.74, 6) is 0. The molecule has 0 saturated heterocycles. The summed E-state index contributed by atoms with van der Waals surface area (Å²) in [6, 6.07) is 1.83. The van der Waals surface area contributed by atoms with Crippen molar-refractivity contribution in [3.63, 3.8) is 0 Å². The molecule has 0 aliphatic rings. The lowest BCUT2D eigenvalue weighted by molar-refractivity contribution is 0.700. The van der Waals surface area contributed by atoms with Crippen molar-refractivity contribution in [2.75, 3.05) is 18.0 Å². The minimum absolute atomic E-state index is 0.497. The van der Waals surface area contributed by atoms with Gasteiger partial charge in [0.15, 0.2) is 5.03 Å². The van der Waals surface area contributed by atoms with Crippen LogP contribution in [0.3, 0.4) is 0 Å². The first kappa shape index (κ1) is 10.0. The minimum Gasteiger partial charge on any atom is -0.369 e. The van der Waals surface area contributed by atoms with Crippen molar-refractivity contribution in [2.45, 2.75) is 18.9 Å². The van der Waals surface area contributed by atoms with Gasteiger partial charge in [-0.25, -0.2) is 0 Å². The Hall–Kier alpha value is -1.50. The smallest absolute Gasteiger partial charge is 0.223 e. The molecule has 0 aromatic carbocycles. The highest BCUT2D eigenvalue weighted by molar-refractivity contribution is 7.80. The van der Waals surface area contributed by atoms with Gasteiger partial charge in [0.25, 0.3) is 0 Å². The number of tetrazole rings is 1. The van der Waals surface area contributed by atoms with Crippen LogP contribution in [0.25, 0.3) is 5.65 Å². The van der Waals surface area contributed by atoms with Gasteiger partial charge >= 0.3 is 0 Å². The summed E-state index contributed by atoms with van der Waals surface area (Å²) in [7, 11) is 0. The Bertz CT molecular complexity index is 463. The Kier molecular flexibility index (Phi) is 2.63. The predicted molar refractivity (Wildman–Crippen MR) is 58.0 cm³/mol. The Morgan fingerprint density at radius 2 is 2.13 bits per heavy atom. The highest BCUT2D eigenvalue weighted by Crippen LogP contribution is 2.20. The second-order valence-corrected chi connectivity index (χ2v) is 3.45. The van der Waals surface area contributed by atoms with Crippen LogP contribution >= 0.6 is 12.6 Å². The van der Waals surface area contributed by atoms with Crippen LogP contribution in [-0.4, -0.2) is 38.3 Å². The fourth-order valence-electron chi connectivity index (χ4n) is 1.50. The second kappa shape index (κ2) is 3.93. The molecular formula is C8H11N6S. The summed E-state index contributed by atoms with van der Waals surface area (Å²) in [6.07, 6.45) is 0. The van der Waals surface area contributed by atoms with E-state index in [0.29, 0.717) is 10.7 Å². The normalized spacial score (nSPS) is 10.8. The molecule has 0 aliphatic carbocycles. The summed E-state index contributed by atoms with van der Waals surface area (Å²) in [6.45, 7) is 5.93. The quantitative estimate of drug-likeness (QED) is 0.774. The number of hydrogen-bond acceptors (Lipinski definition) is 5. The van der Waals surface area contributed by atoms with Gasteiger partial charge in [-0.2, -0.15) is 0 Å². The van der Waals surface area contributed by atoms with Gasteiger partial charge in [-0.3, -0.25) is 0 Å². The number of rotatable bonds is 3. The van der Waals surface area contributed by atoms with Crippen LogP contribution in [0.15, 0.2) is 11.1 Å². The maximum Gasteiger partial charge on any atom is 0.223 e. The summed E-state index contributed by atoms with van der Waals surface area (Å²) < 4.78 is 1.37. The van der Waals surface area contributed by atoms with Gasteiger partial charge in [0.2, 0.25) is 5.65 Å². The Labute approximate surface area is 92.7 Å². The van der Waals surface area contributed by atoms with Crippen LogP contribution in [-0.2, 0) is 0 Å². The standard InChI is InChI=1S/C8H11N6S/c1-3-13(4-2)6-5-7(15)10-14-8(6)9-11-12-14/h5H,3-4H2,1-2H3. The maximum absolute atomic E-state index is 5.05. The summed E-state index contributed by atoms with van der Waals surface area (Å²) in [5, 5.41) is 15.8. The Morgan fingerprint density at radius 1 is 1.40 bits per heavy atom. The van der Waals surface area contributed by atoms with Gasteiger partial charge in [0, 0.05) is 19.2 Å². The summed E-state index contributed by atoms with van der Waals surface area (Å²) in [4.78, 5) is 2.14. The lowest BCUT2D eigenvalue weighted by atomic mass is 10.3. The number of aromatic nitrogens is 5. The van der Waals surface area contributed by atoms with E-state index in [9.17, 15) is 0 Å². The van der Waals surface area contributed by atoms with Gasteiger partial charge in [0.05, 0.1) is 5.69 Å². The molecule has 2 rings (SSSR count). The first-order valence-corrected chi connectivity index (χ1v) is 5.18. The van der Waals surface area contributed by atoms with E-state index in [1.54, 1.807) is 0 Å². The summed E-state index contributed by atoms with van der Waals surface area (Å²) >= 11 is 5.05.